The number of anilines is 1. The number of carbonyl (C=O) groups is 1. The Morgan fingerprint density at radius 3 is 2.88 bits per heavy atom. The molecule has 1 amide bonds. The Hall–Kier alpha value is -3.49. The molecule has 0 saturated heterocycles. The van der Waals surface area contributed by atoms with Crippen molar-refractivity contribution in [3.05, 3.63) is 51.8 Å². The highest BCUT2D eigenvalue weighted by atomic mass is 16.6. The second-order valence-corrected chi connectivity index (χ2v) is 5.04. The van der Waals surface area contributed by atoms with E-state index in [0.29, 0.717) is 11.3 Å². The standard InChI is InChI=1S/C15H13N5O4/c1-8-11-6-10(7-16-14(11)19-18-8)17-15(21)9-3-4-13(24-2)12(5-9)20(22)23/h3-7H,1-2H3,(H,17,21)(H,16,18,19). The molecular formula is C15H13N5O4. The van der Waals surface area contributed by atoms with Crippen LogP contribution in [-0.2, 0) is 0 Å². The number of carbonyl (C=O) groups excluding carboxylic acids is 1. The minimum absolute atomic E-state index is 0.0914. The first-order chi connectivity index (χ1) is 11.5. The van der Waals surface area contributed by atoms with E-state index in [9.17, 15) is 14.9 Å². The van der Waals surface area contributed by atoms with E-state index < -0.39 is 10.8 Å². The molecule has 9 nitrogen and oxygen atoms in total. The molecule has 0 aliphatic heterocycles. The second kappa shape index (κ2) is 5.95. The minimum atomic E-state index is -0.599. The Bertz CT molecular complexity index is 950. The molecule has 0 fully saturated rings. The Morgan fingerprint density at radius 1 is 1.38 bits per heavy atom. The summed E-state index contributed by atoms with van der Waals surface area (Å²) in [6.07, 6.45) is 1.47. The van der Waals surface area contributed by atoms with Gasteiger partial charge in [0.2, 0.25) is 0 Å². The third-order valence-corrected chi connectivity index (χ3v) is 3.50. The van der Waals surface area contributed by atoms with Crippen LogP contribution in [0.2, 0.25) is 0 Å². The van der Waals surface area contributed by atoms with Crippen molar-refractivity contribution in [3.8, 4) is 5.75 Å². The number of fused-ring (bicyclic) bond motifs is 1. The van der Waals surface area contributed by atoms with Gasteiger partial charge in [-0.05, 0) is 25.1 Å². The molecule has 2 N–H and O–H groups in total. The van der Waals surface area contributed by atoms with Crippen LogP contribution in [0.3, 0.4) is 0 Å². The monoisotopic (exact) mass is 327 g/mol. The molecule has 1 aromatic carbocycles. The highest BCUT2D eigenvalue weighted by molar-refractivity contribution is 6.05. The molecule has 0 saturated carbocycles. The van der Waals surface area contributed by atoms with Crippen molar-refractivity contribution in [3.63, 3.8) is 0 Å². The third-order valence-electron chi connectivity index (χ3n) is 3.50. The van der Waals surface area contributed by atoms with Crippen LogP contribution in [0.15, 0.2) is 30.5 Å². The number of benzene rings is 1. The summed E-state index contributed by atoms with van der Waals surface area (Å²) in [5, 5.41) is 21.3. The number of amides is 1. The molecule has 2 aromatic heterocycles. The number of aryl methyl sites for hydroxylation is 1. The number of pyridine rings is 1. The lowest BCUT2D eigenvalue weighted by Gasteiger charge is -2.07. The molecule has 0 aliphatic rings. The van der Waals surface area contributed by atoms with Crippen molar-refractivity contribution in [2.75, 3.05) is 12.4 Å². The van der Waals surface area contributed by atoms with E-state index >= 15 is 0 Å². The molecule has 0 aliphatic carbocycles. The summed E-state index contributed by atoms with van der Waals surface area (Å²) in [6.45, 7) is 1.84. The first-order valence-corrected chi connectivity index (χ1v) is 6.94. The summed E-state index contributed by atoms with van der Waals surface area (Å²) in [7, 11) is 1.33. The van der Waals surface area contributed by atoms with Gasteiger partial charge in [0.25, 0.3) is 5.91 Å². The van der Waals surface area contributed by atoms with Crippen LogP contribution in [0.4, 0.5) is 11.4 Å². The molecule has 0 unspecified atom stereocenters. The zero-order valence-electron chi connectivity index (χ0n) is 12.9. The Morgan fingerprint density at radius 2 is 2.17 bits per heavy atom. The number of nitrogens with zero attached hydrogens (tertiary/aromatic N) is 3. The molecule has 9 heteroatoms. The van der Waals surface area contributed by atoms with E-state index in [1.165, 1.54) is 31.5 Å². The van der Waals surface area contributed by atoms with Crippen molar-refractivity contribution in [1.82, 2.24) is 15.2 Å². The lowest BCUT2D eigenvalue weighted by Crippen LogP contribution is -2.12. The van der Waals surface area contributed by atoms with Crippen LogP contribution in [0, 0.1) is 17.0 Å². The molecule has 24 heavy (non-hydrogen) atoms. The van der Waals surface area contributed by atoms with Gasteiger partial charge in [-0.3, -0.25) is 20.0 Å². The summed E-state index contributed by atoms with van der Waals surface area (Å²) < 4.78 is 4.92. The summed E-state index contributed by atoms with van der Waals surface area (Å²) in [6, 6.07) is 5.74. The maximum Gasteiger partial charge on any atom is 0.311 e. The number of aromatic nitrogens is 3. The van der Waals surface area contributed by atoms with Gasteiger partial charge in [0, 0.05) is 22.7 Å². The summed E-state index contributed by atoms with van der Waals surface area (Å²) >= 11 is 0. The molecule has 3 aromatic rings. The fourth-order valence-electron chi connectivity index (χ4n) is 2.27. The number of nitro benzene ring substituents is 1. The Kier molecular flexibility index (Phi) is 3.82. The van der Waals surface area contributed by atoms with Crippen LogP contribution in [-0.4, -0.2) is 33.1 Å². The van der Waals surface area contributed by atoms with Crippen LogP contribution in [0.5, 0.6) is 5.75 Å². The van der Waals surface area contributed by atoms with Gasteiger partial charge < -0.3 is 10.1 Å². The van der Waals surface area contributed by atoms with Gasteiger partial charge in [-0.25, -0.2) is 4.98 Å². The Balaban J connectivity index is 1.89. The number of ether oxygens (including phenoxy) is 1. The molecule has 0 bridgehead atoms. The minimum Gasteiger partial charge on any atom is -0.490 e. The number of H-pyrrole nitrogens is 1. The van der Waals surface area contributed by atoms with Crippen molar-refractivity contribution >= 4 is 28.3 Å². The van der Waals surface area contributed by atoms with Gasteiger partial charge in [-0.15, -0.1) is 0 Å². The fraction of sp³-hybridized carbons (Fsp3) is 0.133. The number of aromatic amines is 1. The number of rotatable bonds is 4. The number of methoxy groups -OCH3 is 1. The van der Waals surface area contributed by atoms with Crippen LogP contribution >= 0.6 is 0 Å². The van der Waals surface area contributed by atoms with Gasteiger partial charge in [-0.2, -0.15) is 5.10 Å². The molecule has 3 rings (SSSR count). The predicted octanol–water partition coefficient (Wildman–Crippen LogP) is 2.44. The molecule has 122 valence electrons. The molecule has 0 radical (unpaired) electrons. The Labute approximate surface area is 135 Å². The molecule has 0 spiro atoms. The highest BCUT2D eigenvalue weighted by Gasteiger charge is 2.18. The number of hydrogen-bond donors (Lipinski definition) is 2. The quantitative estimate of drug-likeness (QED) is 0.560. The van der Waals surface area contributed by atoms with E-state index in [1.54, 1.807) is 6.07 Å². The lowest BCUT2D eigenvalue weighted by molar-refractivity contribution is -0.385. The van der Waals surface area contributed by atoms with Crippen LogP contribution in [0.1, 0.15) is 16.1 Å². The fourth-order valence-corrected chi connectivity index (χ4v) is 2.27. The molecule has 0 atom stereocenters. The zero-order valence-corrected chi connectivity index (χ0v) is 12.9. The number of nitro groups is 1. The highest BCUT2D eigenvalue weighted by Crippen LogP contribution is 2.28. The predicted molar refractivity (Wildman–Crippen MR) is 86.2 cm³/mol. The van der Waals surface area contributed by atoms with Crippen molar-refractivity contribution in [2.24, 2.45) is 0 Å². The number of hydrogen-bond acceptors (Lipinski definition) is 6. The smallest absolute Gasteiger partial charge is 0.311 e. The SMILES string of the molecule is COc1ccc(C(=O)Nc2cnc3n[nH]c(C)c3c2)cc1[N+](=O)[O-]. The van der Waals surface area contributed by atoms with Gasteiger partial charge in [-0.1, -0.05) is 0 Å². The van der Waals surface area contributed by atoms with Crippen LogP contribution in [0.25, 0.3) is 11.0 Å². The zero-order chi connectivity index (χ0) is 17.3. The number of nitrogens with one attached hydrogen (secondary N) is 2. The van der Waals surface area contributed by atoms with Crippen molar-refractivity contribution in [2.45, 2.75) is 6.92 Å². The molecular weight excluding hydrogens is 314 g/mol. The summed E-state index contributed by atoms with van der Waals surface area (Å²) in [5.41, 5.74) is 1.71. The average Bonchev–Trinajstić information content (AvgIpc) is 2.95. The maximum absolute atomic E-state index is 12.3. The first kappa shape index (κ1) is 15.4. The second-order valence-electron chi connectivity index (χ2n) is 5.04. The van der Waals surface area contributed by atoms with Crippen LogP contribution < -0.4 is 10.1 Å². The van der Waals surface area contributed by atoms with E-state index in [4.69, 9.17) is 4.74 Å². The van der Waals surface area contributed by atoms with Crippen molar-refractivity contribution < 1.29 is 14.5 Å². The van der Waals surface area contributed by atoms with E-state index in [1.807, 2.05) is 6.92 Å². The normalized spacial score (nSPS) is 10.6. The van der Waals surface area contributed by atoms with E-state index in [-0.39, 0.29) is 17.0 Å². The maximum atomic E-state index is 12.3. The molecule has 2 heterocycles. The first-order valence-electron chi connectivity index (χ1n) is 6.94. The van der Waals surface area contributed by atoms with Gasteiger partial charge in [0.15, 0.2) is 11.4 Å². The van der Waals surface area contributed by atoms with Crippen molar-refractivity contribution in [1.29, 1.82) is 0 Å². The summed E-state index contributed by atoms with van der Waals surface area (Å²) in [4.78, 5) is 26.9. The van der Waals surface area contributed by atoms with Gasteiger partial charge in [0.1, 0.15) is 0 Å². The summed E-state index contributed by atoms with van der Waals surface area (Å²) in [5.74, 6) is -0.392. The lowest BCUT2D eigenvalue weighted by atomic mass is 10.1. The topological polar surface area (TPSA) is 123 Å². The largest absolute Gasteiger partial charge is 0.490 e. The van der Waals surface area contributed by atoms with E-state index in [0.717, 1.165) is 11.1 Å². The average molecular weight is 327 g/mol. The van der Waals surface area contributed by atoms with Gasteiger partial charge in [0.05, 0.1) is 23.9 Å². The van der Waals surface area contributed by atoms with Gasteiger partial charge >= 0.3 is 5.69 Å². The van der Waals surface area contributed by atoms with E-state index in [2.05, 4.69) is 20.5 Å². The third kappa shape index (κ3) is 2.74.